The predicted octanol–water partition coefficient (Wildman–Crippen LogP) is 3.11. The molecule has 0 saturated heterocycles. The number of nitrogens with zero attached hydrogens (tertiary/aromatic N) is 5. The molecule has 0 unspecified atom stereocenters. The zero-order chi connectivity index (χ0) is 16.2. The van der Waals surface area contributed by atoms with Gasteiger partial charge in [0.05, 0.1) is 5.69 Å². The number of fused-ring (bicyclic) bond motifs is 1. The average Bonchev–Trinajstić information content (AvgIpc) is 2.90. The molecule has 3 rings (SSSR count). The molecular weight excluding hydrogens is 288 g/mol. The van der Waals surface area contributed by atoms with E-state index in [0.29, 0.717) is 6.54 Å². The molecule has 0 radical (unpaired) electrons. The molecule has 6 heteroatoms. The van der Waals surface area contributed by atoms with Gasteiger partial charge in [-0.3, -0.25) is 9.67 Å². The summed E-state index contributed by atoms with van der Waals surface area (Å²) >= 11 is 0. The Morgan fingerprint density at radius 1 is 1.22 bits per heavy atom. The quantitative estimate of drug-likeness (QED) is 0.757. The van der Waals surface area contributed by atoms with Gasteiger partial charge in [-0.1, -0.05) is 13.0 Å². The van der Waals surface area contributed by atoms with Gasteiger partial charge >= 0.3 is 0 Å². The second-order valence-electron chi connectivity index (χ2n) is 5.55. The maximum Gasteiger partial charge on any atom is 0.156 e. The molecule has 1 N–H and O–H groups in total. The van der Waals surface area contributed by atoms with E-state index < -0.39 is 0 Å². The predicted molar refractivity (Wildman–Crippen MR) is 91.3 cm³/mol. The third-order valence-corrected chi connectivity index (χ3v) is 3.76. The van der Waals surface area contributed by atoms with Crippen molar-refractivity contribution in [3.05, 3.63) is 41.6 Å². The minimum Gasteiger partial charge on any atom is -0.364 e. The zero-order valence-electron chi connectivity index (χ0n) is 13.9. The Bertz CT molecular complexity index is 794. The molecule has 0 atom stereocenters. The lowest BCUT2D eigenvalue weighted by molar-refractivity contribution is 0.675. The van der Waals surface area contributed by atoms with Gasteiger partial charge in [0.25, 0.3) is 0 Å². The Hall–Kier alpha value is -2.50. The first-order valence-electron chi connectivity index (χ1n) is 8.09. The van der Waals surface area contributed by atoms with E-state index in [1.165, 1.54) is 0 Å². The highest BCUT2D eigenvalue weighted by atomic mass is 15.3. The van der Waals surface area contributed by atoms with Crippen molar-refractivity contribution >= 4 is 16.9 Å². The number of nitrogens with one attached hydrogen (secondary N) is 1. The lowest BCUT2D eigenvalue weighted by Crippen LogP contribution is -2.08. The largest absolute Gasteiger partial charge is 0.364 e. The Kier molecular flexibility index (Phi) is 4.50. The van der Waals surface area contributed by atoms with Crippen LogP contribution in [0.4, 0.5) is 5.82 Å². The Balaban J connectivity index is 2.01. The van der Waals surface area contributed by atoms with Crippen LogP contribution in [-0.2, 0) is 19.5 Å². The van der Waals surface area contributed by atoms with E-state index in [1.807, 2.05) is 29.9 Å². The topological polar surface area (TPSA) is 68.5 Å². The van der Waals surface area contributed by atoms with E-state index in [9.17, 15) is 0 Å². The molecule has 0 aliphatic rings. The summed E-state index contributed by atoms with van der Waals surface area (Å²) in [5, 5.41) is 8.03. The van der Waals surface area contributed by atoms with Crippen LogP contribution < -0.4 is 5.32 Å². The van der Waals surface area contributed by atoms with Gasteiger partial charge in [0, 0.05) is 31.9 Å². The van der Waals surface area contributed by atoms with Crippen LogP contribution in [0.2, 0.25) is 0 Å². The van der Waals surface area contributed by atoms with Crippen molar-refractivity contribution < 1.29 is 0 Å². The second-order valence-corrected chi connectivity index (χ2v) is 5.55. The molecule has 23 heavy (non-hydrogen) atoms. The fourth-order valence-corrected chi connectivity index (χ4v) is 2.65. The summed E-state index contributed by atoms with van der Waals surface area (Å²) in [7, 11) is 0. The third-order valence-electron chi connectivity index (χ3n) is 3.76. The van der Waals surface area contributed by atoms with Crippen molar-refractivity contribution in [3.8, 4) is 0 Å². The van der Waals surface area contributed by atoms with Gasteiger partial charge in [-0.05, 0) is 31.9 Å². The summed E-state index contributed by atoms with van der Waals surface area (Å²) in [6.07, 6.45) is 5.53. The van der Waals surface area contributed by atoms with Crippen LogP contribution in [0.5, 0.6) is 0 Å². The zero-order valence-corrected chi connectivity index (χ0v) is 13.9. The van der Waals surface area contributed by atoms with Crippen molar-refractivity contribution in [1.82, 2.24) is 24.7 Å². The van der Waals surface area contributed by atoms with E-state index in [1.54, 1.807) is 6.20 Å². The molecular formula is C17H22N6. The molecule has 6 nitrogen and oxygen atoms in total. The van der Waals surface area contributed by atoms with Crippen LogP contribution >= 0.6 is 0 Å². The number of hydrogen-bond acceptors (Lipinski definition) is 5. The molecule has 0 aliphatic heterocycles. The van der Waals surface area contributed by atoms with Crippen LogP contribution in [0.25, 0.3) is 11.0 Å². The summed E-state index contributed by atoms with van der Waals surface area (Å²) < 4.78 is 1.96. The highest BCUT2D eigenvalue weighted by molar-refractivity contribution is 5.87. The number of aryl methyl sites for hydroxylation is 3. The third kappa shape index (κ3) is 3.16. The number of rotatable bonds is 6. The highest BCUT2D eigenvalue weighted by Crippen LogP contribution is 2.24. The van der Waals surface area contributed by atoms with E-state index in [2.05, 4.69) is 29.2 Å². The molecule has 3 heterocycles. The van der Waals surface area contributed by atoms with Gasteiger partial charge in [-0.25, -0.2) is 9.97 Å². The van der Waals surface area contributed by atoms with Gasteiger partial charge in [-0.2, -0.15) is 5.10 Å². The van der Waals surface area contributed by atoms with E-state index >= 15 is 0 Å². The monoisotopic (exact) mass is 310 g/mol. The number of aromatic nitrogens is 5. The maximum atomic E-state index is 4.72. The van der Waals surface area contributed by atoms with Gasteiger partial charge in [-0.15, -0.1) is 0 Å². The first kappa shape index (κ1) is 15.4. The van der Waals surface area contributed by atoms with Gasteiger partial charge in [0.1, 0.15) is 16.9 Å². The van der Waals surface area contributed by atoms with Gasteiger partial charge in [0.2, 0.25) is 0 Å². The van der Waals surface area contributed by atoms with Crippen molar-refractivity contribution in [3.63, 3.8) is 0 Å². The molecule has 3 aromatic heterocycles. The molecule has 0 fully saturated rings. The standard InChI is InChI=1S/C17H22N6/c1-4-7-14-20-15-12(3)22-23(5-2)16(15)17(21-14)19-11-13-8-6-9-18-10-13/h6,8-10H,4-5,7,11H2,1-3H3,(H,19,20,21). The highest BCUT2D eigenvalue weighted by Gasteiger charge is 2.15. The summed E-state index contributed by atoms with van der Waals surface area (Å²) in [5.41, 5.74) is 3.99. The Labute approximate surface area is 136 Å². The van der Waals surface area contributed by atoms with E-state index in [4.69, 9.17) is 9.97 Å². The molecule has 0 spiro atoms. The van der Waals surface area contributed by atoms with Crippen LogP contribution in [0, 0.1) is 6.92 Å². The number of pyridine rings is 1. The molecule has 0 saturated carbocycles. The van der Waals surface area contributed by atoms with Crippen LogP contribution in [0.3, 0.4) is 0 Å². The lowest BCUT2D eigenvalue weighted by Gasteiger charge is -2.10. The fraction of sp³-hybridized carbons (Fsp3) is 0.412. The molecule has 3 aromatic rings. The normalized spacial score (nSPS) is 11.1. The van der Waals surface area contributed by atoms with Gasteiger partial charge in [0.15, 0.2) is 5.82 Å². The van der Waals surface area contributed by atoms with Crippen molar-refractivity contribution in [2.75, 3.05) is 5.32 Å². The van der Waals surface area contributed by atoms with Crippen LogP contribution in [0.1, 0.15) is 37.4 Å². The van der Waals surface area contributed by atoms with Crippen molar-refractivity contribution in [2.45, 2.75) is 46.7 Å². The van der Waals surface area contributed by atoms with Gasteiger partial charge < -0.3 is 5.32 Å². The molecule has 0 bridgehead atoms. The lowest BCUT2D eigenvalue weighted by atomic mass is 10.2. The van der Waals surface area contributed by atoms with E-state index in [0.717, 1.165) is 53.3 Å². The van der Waals surface area contributed by atoms with Crippen LogP contribution in [-0.4, -0.2) is 24.7 Å². The number of anilines is 1. The molecule has 0 aromatic carbocycles. The summed E-state index contributed by atoms with van der Waals surface area (Å²) in [5.74, 6) is 1.72. The Morgan fingerprint density at radius 2 is 2.09 bits per heavy atom. The average molecular weight is 310 g/mol. The molecule has 0 amide bonds. The fourth-order valence-electron chi connectivity index (χ4n) is 2.65. The Morgan fingerprint density at radius 3 is 2.78 bits per heavy atom. The minimum absolute atomic E-state index is 0.680. The first-order valence-corrected chi connectivity index (χ1v) is 8.09. The SMILES string of the molecule is CCCc1nc(NCc2cccnc2)c2c(n1)c(C)nn2CC. The first-order chi connectivity index (χ1) is 11.2. The van der Waals surface area contributed by atoms with Crippen LogP contribution in [0.15, 0.2) is 24.5 Å². The second kappa shape index (κ2) is 6.73. The minimum atomic E-state index is 0.680. The van der Waals surface area contributed by atoms with E-state index in [-0.39, 0.29) is 0 Å². The maximum absolute atomic E-state index is 4.72. The van der Waals surface area contributed by atoms with Crippen molar-refractivity contribution in [1.29, 1.82) is 0 Å². The summed E-state index contributed by atoms with van der Waals surface area (Å²) in [6.45, 7) is 7.69. The smallest absolute Gasteiger partial charge is 0.156 e. The van der Waals surface area contributed by atoms with Crippen molar-refractivity contribution in [2.24, 2.45) is 0 Å². The summed E-state index contributed by atoms with van der Waals surface area (Å²) in [6, 6.07) is 3.99. The number of hydrogen-bond donors (Lipinski definition) is 1. The summed E-state index contributed by atoms with van der Waals surface area (Å²) in [4.78, 5) is 13.6. The molecule has 120 valence electrons. The molecule has 0 aliphatic carbocycles.